The molecule has 0 radical (unpaired) electrons. The highest BCUT2D eigenvalue weighted by atomic mass is 16.4. The third-order valence-electron chi connectivity index (χ3n) is 5.17. The maximum Gasteiger partial charge on any atom is 0.269 e. The van der Waals surface area contributed by atoms with E-state index in [0.29, 0.717) is 39.0 Å². The van der Waals surface area contributed by atoms with Crippen LogP contribution in [0.3, 0.4) is 0 Å². The van der Waals surface area contributed by atoms with Gasteiger partial charge in [0.25, 0.3) is 5.91 Å². The average molecular weight is 552 g/mol. The number of nitrogens with one attached hydrogen (secondary N) is 3. The fourth-order valence-electron chi connectivity index (χ4n) is 2.98. The number of aliphatic imine (C=N–C) groups is 1. The molecule has 0 aromatic heterocycles. The fourth-order valence-corrected chi connectivity index (χ4v) is 2.98. The molecule has 8 nitrogen and oxygen atoms in total. The van der Waals surface area contributed by atoms with Gasteiger partial charge in [0.05, 0.1) is 11.9 Å². The van der Waals surface area contributed by atoms with E-state index in [1.54, 1.807) is 6.92 Å². The lowest BCUT2D eigenvalue weighted by Gasteiger charge is -2.07. The predicted molar refractivity (Wildman–Crippen MR) is 169 cm³/mol. The van der Waals surface area contributed by atoms with Crippen molar-refractivity contribution in [1.82, 2.24) is 16.0 Å². The Hall–Kier alpha value is -3.78. The minimum Gasteiger partial charge on any atom is -0.411 e. The zero-order valence-corrected chi connectivity index (χ0v) is 24.4. The Morgan fingerprint density at radius 3 is 1.70 bits per heavy atom. The molecule has 220 valence electrons. The third-order valence-corrected chi connectivity index (χ3v) is 5.17. The molecule has 0 aliphatic rings. The number of nitrogens with zero attached hydrogens (tertiary/aromatic N) is 2. The number of oxime groups is 1. The van der Waals surface area contributed by atoms with Gasteiger partial charge >= 0.3 is 0 Å². The van der Waals surface area contributed by atoms with Crippen molar-refractivity contribution in [2.75, 3.05) is 26.2 Å². The molecule has 0 aromatic rings. The third kappa shape index (κ3) is 25.9. The highest BCUT2D eigenvalue weighted by molar-refractivity contribution is 6.29. The maximum atomic E-state index is 11.9. The Morgan fingerprint density at radius 2 is 1.20 bits per heavy atom. The molecule has 40 heavy (non-hydrogen) atoms. The first kappa shape index (κ1) is 36.2. The first-order valence-electron chi connectivity index (χ1n) is 14.1. The smallest absolute Gasteiger partial charge is 0.269 e. The Morgan fingerprint density at radius 1 is 0.725 bits per heavy atom. The highest BCUT2D eigenvalue weighted by Crippen LogP contribution is 1.98. The Labute approximate surface area is 241 Å². The molecule has 0 heterocycles. The van der Waals surface area contributed by atoms with Crippen molar-refractivity contribution in [2.24, 2.45) is 10.1 Å². The van der Waals surface area contributed by atoms with Crippen LogP contribution < -0.4 is 16.0 Å². The van der Waals surface area contributed by atoms with Crippen LogP contribution >= 0.6 is 0 Å². The van der Waals surface area contributed by atoms with Gasteiger partial charge in [-0.1, -0.05) is 91.6 Å². The van der Waals surface area contributed by atoms with Crippen LogP contribution in [0.5, 0.6) is 0 Å². The van der Waals surface area contributed by atoms with Crippen LogP contribution in [0.2, 0.25) is 0 Å². The van der Waals surface area contributed by atoms with Gasteiger partial charge in [-0.2, -0.15) is 0 Å². The summed E-state index contributed by atoms with van der Waals surface area (Å²) in [4.78, 5) is 27.5. The number of hydrogen-bond donors (Lipinski definition) is 4. The van der Waals surface area contributed by atoms with Gasteiger partial charge < -0.3 is 21.2 Å². The zero-order chi connectivity index (χ0) is 29.5. The highest BCUT2D eigenvalue weighted by Gasteiger charge is 2.04. The van der Waals surface area contributed by atoms with E-state index in [2.05, 4.69) is 106 Å². The minimum absolute atomic E-state index is 0.0190. The molecule has 0 aliphatic heterocycles. The van der Waals surface area contributed by atoms with Crippen LogP contribution in [0.15, 0.2) is 95.3 Å². The second kappa shape index (κ2) is 28.2. The Kier molecular flexibility index (Phi) is 25.6. The number of amides is 2. The molecule has 0 spiro atoms. The molecule has 0 aromatic carbocycles. The largest absolute Gasteiger partial charge is 0.411 e. The van der Waals surface area contributed by atoms with Gasteiger partial charge in [-0.25, -0.2) is 4.99 Å². The van der Waals surface area contributed by atoms with Gasteiger partial charge in [-0.3, -0.25) is 9.59 Å². The van der Waals surface area contributed by atoms with Gasteiger partial charge in [-0.05, 0) is 51.9 Å². The summed E-state index contributed by atoms with van der Waals surface area (Å²) in [5.41, 5.74) is 0.303. The van der Waals surface area contributed by atoms with Crippen molar-refractivity contribution in [2.45, 2.75) is 65.2 Å². The number of carbonyl (C=O) groups is 2. The number of carbonyl (C=O) groups excluding carboxylic acids is 2. The zero-order valence-electron chi connectivity index (χ0n) is 24.4. The van der Waals surface area contributed by atoms with Crippen LogP contribution in [0, 0.1) is 0 Å². The van der Waals surface area contributed by atoms with E-state index in [4.69, 9.17) is 5.21 Å². The van der Waals surface area contributed by atoms with Crippen LogP contribution in [-0.2, 0) is 9.59 Å². The van der Waals surface area contributed by atoms with E-state index >= 15 is 0 Å². The molecule has 0 unspecified atom stereocenters. The van der Waals surface area contributed by atoms with Crippen molar-refractivity contribution in [3.63, 3.8) is 0 Å². The SMILES string of the molecule is C=C(N=C/C(C)=N/O)C(=O)NCCNCCNC(=O)CC/C=C\C/C=C\C/C=C\C/C=C\C/C=C\C/C=C\CC. The van der Waals surface area contributed by atoms with Crippen molar-refractivity contribution < 1.29 is 14.8 Å². The molecular weight excluding hydrogens is 502 g/mol. The van der Waals surface area contributed by atoms with Crippen LogP contribution in [0.1, 0.15) is 65.2 Å². The molecule has 0 saturated carbocycles. The van der Waals surface area contributed by atoms with Gasteiger partial charge in [0.1, 0.15) is 5.70 Å². The summed E-state index contributed by atoms with van der Waals surface area (Å²) < 4.78 is 0. The second-order valence-electron chi connectivity index (χ2n) is 8.76. The number of allylic oxidation sites excluding steroid dienone is 12. The summed E-state index contributed by atoms with van der Waals surface area (Å²) in [6, 6.07) is 0. The summed E-state index contributed by atoms with van der Waals surface area (Å²) in [6.45, 7) is 9.32. The molecule has 0 atom stereocenters. The molecule has 8 heteroatoms. The summed E-state index contributed by atoms with van der Waals surface area (Å²) in [5.74, 6) is -0.378. The molecule has 0 aliphatic carbocycles. The second-order valence-corrected chi connectivity index (χ2v) is 8.76. The molecule has 0 saturated heterocycles. The average Bonchev–Trinajstić information content (AvgIpc) is 2.96. The standard InChI is InChI=1S/C32H49N5O3/c1-4-5-6-7-8-9-10-11-12-13-14-15-16-17-18-19-20-21-22-23-31(38)34-26-24-33-25-27-35-32(39)30(3)36-28-29(2)37-40/h5-6,8-9,11-12,14-15,17-18,20-21,28,33,40H,3-4,7,10,13,16,19,22-27H2,1-2H3,(H,34,38)(H,35,39)/b6-5-,9-8-,12-11-,15-14-,18-17-,21-20-,36-28?,37-29+. The van der Waals surface area contributed by atoms with Crippen LogP contribution in [0.4, 0.5) is 0 Å². The van der Waals surface area contributed by atoms with Crippen molar-refractivity contribution in [3.05, 3.63) is 85.2 Å². The molecule has 0 rings (SSSR count). The summed E-state index contributed by atoms with van der Waals surface area (Å²) in [7, 11) is 0. The first-order valence-corrected chi connectivity index (χ1v) is 14.1. The number of rotatable bonds is 23. The summed E-state index contributed by atoms with van der Waals surface area (Å²) in [6.07, 6.45) is 34.2. The quantitative estimate of drug-likeness (QED) is 0.0325. The van der Waals surface area contributed by atoms with Gasteiger partial charge in [0, 0.05) is 32.6 Å². The molecule has 0 fully saturated rings. The first-order chi connectivity index (χ1) is 19.5. The number of hydrogen-bond acceptors (Lipinski definition) is 6. The van der Waals surface area contributed by atoms with Crippen molar-refractivity contribution >= 4 is 23.7 Å². The topological polar surface area (TPSA) is 115 Å². The minimum atomic E-state index is -0.397. The fraction of sp³-hybridized carbons (Fsp3) is 0.438. The maximum absolute atomic E-state index is 11.9. The summed E-state index contributed by atoms with van der Waals surface area (Å²) in [5, 5.41) is 20.2. The van der Waals surface area contributed by atoms with Crippen molar-refractivity contribution in [1.29, 1.82) is 0 Å². The normalized spacial score (nSPS) is 12.9. The van der Waals surface area contributed by atoms with Gasteiger partial charge in [-0.15, -0.1) is 0 Å². The molecule has 2 amide bonds. The van der Waals surface area contributed by atoms with Gasteiger partial charge in [0.15, 0.2) is 0 Å². The van der Waals surface area contributed by atoms with E-state index in [0.717, 1.165) is 38.5 Å². The molecular formula is C32H49N5O3. The van der Waals surface area contributed by atoms with E-state index < -0.39 is 5.91 Å². The van der Waals surface area contributed by atoms with E-state index in [1.807, 2.05) is 6.08 Å². The Balaban J connectivity index is 3.66. The lowest BCUT2D eigenvalue weighted by atomic mass is 10.2. The predicted octanol–water partition coefficient (Wildman–Crippen LogP) is 5.72. The molecule has 0 bridgehead atoms. The lowest BCUT2D eigenvalue weighted by molar-refractivity contribution is -0.121. The summed E-state index contributed by atoms with van der Waals surface area (Å²) >= 11 is 0. The van der Waals surface area contributed by atoms with Crippen LogP contribution in [0.25, 0.3) is 0 Å². The Bertz CT molecular complexity index is 940. The van der Waals surface area contributed by atoms with E-state index in [-0.39, 0.29) is 17.3 Å². The van der Waals surface area contributed by atoms with Gasteiger partial charge in [0.2, 0.25) is 5.91 Å². The van der Waals surface area contributed by atoms with Crippen molar-refractivity contribution in [3.8, 4) is 0 Å². The van der Waals surface area contributed by atoms with E-state index in [9.17, 15) is 9.59 Å². The lowest BCUT2D eigenvalue weighted by Crippen LogP contribution is -2.36. The van der Waals surface area contributed by atoms with E-state index in [1.165, 1.54) is 6.21 Å². The monoisotopic (exact) mass is 551 g/mol. The molecule has 4 N–H and O–H groups in total. The van der Waals surface area contributed by atoms with Crippen LogP contribution in [-0.4, -0.2) is 55.1 Å².